The molecule has 4 rings (SSSR count). The van der Waals surface area contributed by atoms with Crippen molar-refractivity contribution in [3.8, 4) is 6.07 Å². The molecule has 1 N–H and O–H groups in total. The van der Waals surface area contributed by atoms with Crippen LogP contribution in [0, 0.1) is 11.3 Å². The fourth-order valence-corrected chi connectivity index (χ4v) is 6.04. The molecule has 2 amide bonds. The van der Waals surface area contributed by atoms with Crippen LogP contribution in [0.4, 0.5) is 23.7 Å². The van der Waals surface area contributed by atoms with E-state index in [9.17, 15) is 32.5 Å². The van der Waals surface area contributed by atoms with E-state index in [2.05, 4.69) is 6.07 Å². The van der Waals surface area contributed by atoms with E-state index in [4.69, 9.17) is 0 Å². The zero-order valence-corrected chi connectivity index (χ0v) is 21.9. The highest BCUT2D eigenvalue weighted by molar-refractivity contribution is 7.84. The SMILES string of the molecule is CC=C1CCCC2=C1C(c1ccc(C#N)cc1S(C)=O)N(CCCO)C(=O)N2c1cccc(C(F)(F)F)c1. The molecule has 2 aliphatic rings. The Morgan fingerprint density at radius 1 is 1.21 bits per heavy atom. The van der Waals surface area contributed by atoms with Crippen molar-refractivity contribution in [1.82, 2.24) is 4.90 Å². The first-order valence-corrected chi connectivity index (χ1v) is 13.8. The van der Waals surface area contributed by atoms with Crippen molar-refractivity contribution in [2.75, 3.05) is 24.3 Å². The van der Waals surface area contributed by atoms with Gasteiger partial charge in [-0.1, -0.05) is 18.2 Å². The highest BCUT2D eigenvalue weighted by atomic mass is 32.2. The number of carbonyl (C=O) groups excluding carboxylic acids is 1. The van der Waals surface area contributed by atoms with Gasteiger partial charge in [0.1, 0.15) is 0 Å². The van der Waals surface area contributed by atoms with Gasteiger partial charge in [0.25, 0.3) is 0 Å². The van der Waals surface area contributed by atoms with Gasteiger partial charge in [0, 0.05) is 35.6 Å². The Bertz CT molecular complexity index is 1380. The van der Waals surface area contributed by atoms with Crippen molar-refractivity contribution >= 4 is 22.5 Å². The molecule has 1 aliphatic heterocycles. The Morgan fingerprint density at radius 3 is 2.61 bits per heavy atom. The van der Waals surface area contributed by atoms with E-state index in [0.717, 1.165) is 23.3 Å². The number of allylic oxidation sites excluding steroid dienone is 2. The topological polar surface area (TPSA) is 84.6 Å². The number of alkyl halides is 3. The second kappa shape index (κ2) is 11.1. The summed E-state index contributed by atoms with van der Waals surface area (Å²) >= 11 is 0. The fourth-order valence-electron chi connectivity index (χ4n) is 5.23. The number of aliphatic hydroxyl groups excluding tert-OH is 1. The Labute approximate surface area is 222 Å². The van der Waals surface area contributed by atoms with Crippen LogP contribution in [0.1, 0.15) is 55.3 Å². The molecule has 2 atom stereocenters. The number of anilines is 1. The van der Waals surface area contributed by atoms with Crippen LogP contribution < -0.4 is 4.90 Å². The number of urea groups is 1. The summed E-state index contributed by atoms with van der Waals surface area (Å²) in [6.07, 6.45) is 1.01. The van der Waals surface area contributed by atoms with Gasteiger partial charge in [-0.05, 0) is 74.1 Å². The number of nitriles is 1. The van der Waals surface area contributed by atoms with Crippen LogP contribution in [0.3, 0.4) is 0 Å². The summed E-state index contributed by atoms with van der Waals surface area (Å²) in [5.41, 5.74) is 2.52. The monoisotopic (exact) mass is 543 g/mol. The normalized spacial score (nSPS) is 20.0. The molecule has 0 spiro atoms. The van der Waals surface area contributed by atoms with Gasteiger partial charge in [-0.2, -0.15) is 18.4 Å². The van der Waals surface area contributed by atoms with Crippen LogP contribution in [0.15, 0.2) is 70.3 Å². The molecule has 1 heterocycles. The van der Waals surface area contributed by atoms with Gasteiger partial charge < -0.3 is 10.0 Å². The lowest BCUT2D eigenvalue weighted by molar-refractivity contribution is -0.137. The van der Waals surface area contributed by atoms with E-state index in [-0.39, 0.29) is 25.3 Å². The molecule has 2 unspecified atom stereocenters. The standard InChI is InChI=1S/C28H28F3N3O3S/c1-3-19-7-4-10-23-25(19)26(22-12-11-18(17-32)15-24(22)38(2)37)33(13-6-14-35)27(36)34(23)21-9-5-8-20(16-21)28(29,30)31/h3,5,8-9,11-12,15-16,26,35H,4,6-7,10,13-14H2,1-2H3. The highest BCUT2D eigenvalue weighted by Crippen LogP contribution is 2.48. The number of hydrogen-bond donors (Lipinski definition) is 1. The molecular formula is C28H28F3N3O3S. The van der Waals surface area contributed by atoms with E-state index in [1.807, 2.05) is 13.0 Å². The number of amides is 2. The van der Waals surface area contributed by atoms with Crippen LogP contribution in [0.5, 0.6) is 0 Å². The molecule has 0 radical (unpaired) electrons. The van der Waals surface area contributed by atoms with E-state index >= 15 is 0 Å². The summed E-state index contributed by atoms with van der Waals surface area (Å²) in [6.45, 7) is 1.81. The van der Waals surface area contributed by atoms with Crippen LogP contribution in [-0.4, -0.2) is 39.7 Å². The predicted octanol–water partition coefficient (Wildman–Crippen LogP) is 6.06. The lowest BCUT2D eigenvalue weighted by Gasteiger charge is -2.47. The maximum Gasteiger partial charge on any atom is 0.416 e. The number of nitrogens with zero attached hydrogens (tertiary/aromatic N) is 3. The van der Waals surface area contributed by atoms with Crippen LogP contribution >= 0.6 is 0 Å². The third-order valence-electron chi connectivity index (χ3n) is 6.89. The molecule has 6 nitrogen and oxygen atoms in total. The molecule has 2 aromatic carbocycles. The fraction of sp³-hybridized carbons (Fsp3) is 0.357. The van der Waals surface area contributed by atoms with Crippen LogP contribution in [0.2, 0.25) is 0 Å². The lowest BCUT2D eigenvalue weighted by atomic mass is 9.80. The third kappa shape index (κ3) is 5.13. The van der Waals surface area contributed by atoms with Gasteiger partial charge in [0.2, 0.25) is 0 Å². The summed E-state index contributed by atoms with van der Waals surface area (Å²) in [4.78, 5) is 17.4. The Morgan fingerprint density at radius 2 is 1.97 bits per heavy atom. The Hall–Kier alpha value is -3.42. The van der Waals surface area contributed by atoms with Gasteiger partial charge in [-0.15, -0.1) is 0 Å². The number of aliphatic hydroxyl groups is 1. The maximum atomic E-state index is 14.1. The summed E-state index contributed by atoms with van der Waals surface area (Å²) < 4.78 is 53.5. The number of halogens is 3. The lowest BCUT2D eigenvalue weighted by Crippen LogP contribution is -2.51. The molecule has 0 fully saturated rings. The molecule has 2 aromatic rings. The number of carbonyl (C=O) groups is 1. The van der Waals surface area contributed by atoms with E-state index in [0.29, 0.717) is 41.0 Å². The second-order valence-corrected chi connectivity index (χ2v) is 10.5. The zero-order valence-electron chi connectivity index (χ0n) is 21.1. The van der Waals surface area contributed by atoms with Crippen LogP contribution in [-0.2, 0) is 17.0 Å². The van der Waals surface area contributed by atoms with Crippen molar-refractivity contribution in [3.63, 3.8) is 0 Å². The van der Waals surface area contributed by atoms with Crippen molar-refractivity contribution in [2.45, 2.75) is 49.7 Å². The Balaban J connectivity index is 2.02. The maximum absolute atomic E-state index is 14.1. The van der Waals surface area contributed by atoms with Crippen molar-refractivity contribution in [3.05, 3.63) is 82.1 Å². The van der Waals surface area contributed by atoms with E-state index in [1.54, 1.807) is 18.2 Å². The summed E-state index contributed by atoms with van der Waals surface area (Å²) in [6, 6.07) is 10.4. The molecule has 200 valence electrons. The number of rotatable bonds is 6. The minimum atomic E-state index is -4.57. The van der Waals surface area contributed by atoms with E-state index < -0.39 is 34.6 Å². The molecule has 38 heavy (non-hydrogen) atoms. The largest absolute Gasteiger partial charge is 0.416 e. The summed E-state index contributed by atoms with van der Waals surface area (Å²) in [7, 11) is -1.49. The van der Waals surface area contributed by atoms with Gasteiger partial charge in [0.15, 0.2) is 0 Å². The molecule has 0 saturated carbocycles. The average molecular weight is 544 g/mol. The molecule has 10 heteroatoms. The van der Waals surface area contributed by atoms with Gasteiger partial charge >= 0.3 is 12.2 Å². The molecule has 0 aromatic heterocycles. The summed E-state index contributed by atoms with van der Waals surface area (Å²) in [5.74, 6) is 0. The Kier molecular flexibility index (Phi) is 8.09. The first-order chi connectivity index (χ1) is 18.1. The number of hydrogen-bond acceptors (Lipinski definition) is 4. The highest BCUT2D eigenvalue weighted by Gasteiger charge is 2.44. The van der Waals surface area contributed by atoms with Gasteiger partial charge in [0.05, 0.1) is 39.7 Å². The van der Waals surface area contributed by atoms with Gasteiger partial charge in [-0.25, -0.2) is 4.79 Å². The van der Waals surface area contributed by atoms with Crippen molar-refractivity contribution < 1.29 is 27.3 Å². The van der Waals surface area contributed by atoms with Crippen molar-refractivity contribution in [1.29, 1.82) is 5.26 Å². The zero-order chi connectivity index (χ0) is 27.6. The van der Waals surface area contributed by atoms with Crippen molar-refractivity contribution in [2.24, 2.45) is 0 Å². The molecular weight excluding hydrogens is 515 g/mol. The second-order valence-electron chi connectivity index (χ2n) is 9.19. The molecule has 0 bridgehead atoms. The van der Waals surface area contributed by atoms with Crippen LogP contribution in [0.25, 0.3) is 0 Å². The number of benzene rings is 2. The molecule has 0 saturated heterocycles. The average Bonchev–Trinajstić information content (AvgIpc) is 2.90. The minimum Gasteiger partial charge on any atom is -0.396 e. The molecule has 1 aliphatic carbocycles. The predicted molar refractivity (Wildman–Crippen MR) is 139 cm³/mol. The van der Waals surface area contributed by atoms with E-state index in [1.165, 1.54) is 28.2 Å². The summed E-state index contributed by atoms with van der Waals surface area (Å²) in [5, 5.41) is 19.0. The quantitative estimate of drug-likeness (QED) is 0.480. The smallest absolute Gasteiger partial charge is 0.396 e. The minimum absolute atomic E-state index is 0.112. The first kappa shape index (κ1) is 27.6. The third-order valence-corrected chi connectivity index (χ3v) is 7.87. The first-order valence-electron chi connectivity index (χ1n) is 12.3. The van der Waals surface area contributed by atoms with Gasteiger partial charge in [-0.3, -0.25) is 9.11 Å².